The maximum atomic E-state index is 13.4. The average molecular weight is 439 g/mol. The predicted molar refractivity (Wildman–Crippen MR) is 122 cm³/mol. The van der Waals surface area contributed by atoms with Gasteiger partial charge in [-0.05, 0) is 72.0 Å². The van der Waals surface area contributed by atoms with Crippen LogP contribution in [0.25, 0.3) is 6.08 Å². The Labute approximate surface area is 182 Å². The summed E-state index contributed by atoms with van der Waals surface area (Å²) in [6, 6.07) is 15.4. The Balaban J connectivity index is 1.57. The summed E-state index contributed by atoms with van der Waals surface area (Å²) < 4.78 is 0. The third-order valence-corrected chi connectivity index (χ3v) is 7.47. The monoisotopic (exact) mass is 438 g/mol. The molecule has 0 unspecified atom stereocenters. The van der Waals surface area contributed by atoms with E-state index in [0.717, 1.165) is 25.0 Å². The zero-order valence-corrected chi connectivity index (χ0v) is 18.0. The summed E-state index contributed by atoms with van der Waals surface area (Å²) in [7, 11) is 0. The van der Waals surface area contributed by atoms with Gasteiger partial charge < -0.3 is 0 Å². The average Bonchev–Trinajstić information content (AvgIpc) is 3.48. The number of rotatable bonds is 3. The predicted octanol–water partition coefficient (Wildman–Crippen LogP) is 6.90. The number of hydrogen-bond donors (Lipinski definition) is 0. The van der Waals surface area contributed by atoms with Gasteiger partial charge in [0, 0.05) is 26.3 Å². The second-order valence-corrected chi connectivity index (χ2v) is 9.68. The van der Waals surface area contributed by atoms with E-state index >= 15 is 0 Å². The van der Waals surface area contributed by atoms with Gasteiger partial charge in [-0.15, -0.1) is 22.7 Å². The fourth-order valence-corrected chi connectivity index (χ4v) is 5.95. The fraction of sp³-hybridized carbons (Fsp3) is 0.217. The van der Waals surface area contributed by atoms with Crippen LogP contribution in [-0.4, -0.2) is 16.6 Å². The van der Waals surface area contributed by atoms with Gasteiger partial charge >= 0.3 is 0 Å². The van der Waals surface area contributed by atoms with E-state index in [1.54, 1.807) is 39.8 Å². The Morgan fingerprint density at radius 3 is 2.76 bits per heavy atom. The molecule has 3 aromatic rings. The molecular weight excluding hydrogens is 420 g/mol. The smallest absolute Gasteiger partial charge is 0.267 e. The highest BCUT2D eigenvalue weighted by atomic mass is 35.5. The van der Waals surface area contributed by atoms with Crippen molar-refractivity contribution >= 4 is 52.0 Å². The lowest BCUT2D eigenvalue weighted by Gasteiger charge is -2.28. The molecule has 1 fully saturated rings. The summed E-state index contributed by atoms with van der Waals surface area (Å²) in [5.74, 6) is 0.139. The summed E-state index contributed by atoms with van der Waals surface area (Å²) in [5, 5.41) is 11.3. The van der Waals surface area contributed by atoms with Gasteiger partial charge in [0.1, 0.15) is 0 Å². The number of hydrogen-bond acceptors (Lipinski definition) is 4. The molecule has 1 saturated carbocycles. The molecule has 5 rings (SSSR count). The van der Waals surface area contributed by atoms with Crippen molar-refractivity contribution in [3.8, 4) is 0 Å². The Hall–Kier alpha value is -2.21. The van der Waals surface area contributed by atoms with Crippen molar-refractivity contribution in [2.24, 2.45) is 11.0 Å². The molecule has 6 heteroatoms. The molecule has 1 aromatic carbocycles. The second-order valence-electron chi connectivity index (χ2n) is 7.29. The number of hydrazone groups is 1. The molecule has 1 aliphatic carbocycles. The Kier molecular flexibility index (Phi) is 5.12. The van der Waals surface area contributed by atoms with E-state index in [-0.39, 0.29) is 17.9 Å². The number of benzene rings is 1. The van der Waals surface area contributed by atoms with Crippen molar-refractivity contribution in [1.82, 2.24) is 5.01 Å². The van der Waals surface area contributed by atoms with Crippen molar-refractivity contribution in [2.45, 2.75) is 25.3 Å². The first-order chi connectivity index (χ1) is 14.2. The van der Waals surface area contributed by atoms with Gasteiger partial charge in [-0.25, -0.2) is 5.01 Å². The number of carbonyl (C=O) groups excluding carboxylic acids is 1. The minimum atomic E-state index is -0.0942. The van der Waals surface area contributed by atoms with Crippen molar-refractivity contribution in [3.63, 3.8) is 0 Å². The van der Waals surface area contributed by atoms with Gasteiger partial charge in [0.25, 0.3) is 5.91 Å². The van der Waals surface area contributed by atoms with Crippen LogP contribution in [0.4, 0.5) is 0 Å². The van der Waals surface area contributed by atoms with Crippen molar-refractivity contribution < 1.29 is 4.79 Å². The van der Waals surface area contributed by atoms with E-state index in [0.29, 0.717) is 10.6 Å². The lowest BCUT2D eigenvalue weighted by Crippen LogP contribution is -2.31. The van der Waals surface area contributed by atoms with Crippen LogP contribution < -0.4 is 0 Å². The van der Waals surface area contributed by atoms with Crippen LogP contribution in [0.15, 0.2) is 70.0 Å². The zero-order chi connectivity index (χ0) is 19.8. The van der Waals surface area contributed by atoms with Crippen molar-refractivity contribution in [1.29, 1.82) is 0 Å². The van der Waals surface area contributed by atoms with Crippen molar-refractivity contribution in [3.05, 3.63) is 85.2 Å². The highest BCUT2D eigenvalue weighted by Gasteiger charge is 2.44. The van der Waals surface area contributed by atoms with Crippen LogP contribution in [0.2, 0.25) is 5.02 Å². The van der Waals surface area contributed by atoms with Crippen LogP contribution in [0.1, 0.15) is 45.4 Å². The molecular formula is C23H19ClN2OS2. The Bertz CT molecular complexity index is 1090. The normalized spacial score (nSPS) is 22.6. The first kappa shape index (κ1) is 18.8. The summed E-state index contributed by atoms with van der Waals surface area (Å²) in [5.41, 5.74) is 2.90. The number of fused-ring (bicyclic) bond motifs is 1. The number of allylic oxidation sites excluding steroid dienone is 1. The number of nitrogens with zero attached hydrogens (tertiary/aromatic N) is 2. The summed E-state index contributed by atoms with van der Waals surface area (Å²) >= 11 is 9.57. The SMILES string of the molecule is O=C(c1cccc(Cl)c1)N1N=C2/C(=C/c3cccs3)CCC[C@H]2[C@@H]1c1cccs1. The van der Waals surface area contributed by atoms with Crippen molar-refractivity contribution in [2.75, 3.05) is 0 Å². The third-order valence-electron chi connectivity index (χ3n) is 5.48. The van der Waals surface area contributed by atoms with E-state index < -0.39 is 0 Å². The van der Waals surface area contributed by atoms with Gasteiger partial charge in [0.15, 0.2) is 0 Å². The molecule has 0 saturated heterocycles. The van der Waals surface area contributed by atoms with Gasteiger partial charge in [-0.1, -0.05) is 29.8 Å². The molecule has 0 N–H and O–H groups in total. The summed E-state index contributed by atoms with van der Waals surface area (Å²) in [6.45, 7) is 0. The third kappa shape index (κ3) is 3.59. The molecule has 0 bridgehead atoms. The Morgan fingerprint density at radius 2 is 2.00 bits per heavy atom. The molecule has 2 aliphatic rings. The largest absolute Gasteiger partial charge is 0.274 e. The quantitative estimate of drug-likeness (QED) is 0.437. The van der Waals surface area contributed by atoms with Crippen LogP contribution in [0.3, 0.4) is 0 Å². The number of halogens is 1. The second kappa shape index (κ2) is 7.90. The lowest BCUT2D eigenvalue weighted by atomic mass is 9.79. The van der Waals surface area contributed by atoms with E-state index in [1.165, 1.54) is 15.3 Å². The first-order valence-corrected chi connectivity index (χ1v) is 11.8. The van der Waals surface area contributed by atoms with Crippen LogP contribution in [0.5, 0.6) is 0 Å². The van der Waals surface area contributed by atoms with Gasteiger partial charge in [-0.3, -0.25) is 4.79 Å². The highest BCUT2D eigenvalue weighted by Crippen LogP contribution is 2.46. The summed E-state index contributed by atoms with van der Waals surface area (Å²) in [6.07, 6.45) is 5.41. The van der Waals surface area contributed by atoms with E-state index in [9.17, 15) is 4.79 Å². The first-order valence-electron chi connectivity index (χ1n) is 9.66. The molecule has 1 aliphatic heterocycles. The molecule has 146 valence electrons. The topological polar surface area (TPSA) is 32.7 Å². The summed E-state index contributed by atoms with van der Waals surface area (Å²) in [4.78, 5) is 15.8. The fourth-order valence-electron chi connectivity index (χ4n) is 4.20. The van der Waals surface area contributed by atoms with Gasteiger partial charge in [-0.2, -0.15) is 5.10 Å². The molecule has 29 heavy (non-hydrogen) atoms. The minimum Gasteiger partial charge on any atom is -0.267 e. The standard InChI is InChI=1S/C23H19ClN2OS2/c24-17-7-1-6-16(13-17)23(27)26-22(20-10-4-12-29-20)19-9-2-5-15(21(19)25-26)14-18-8-3-11-28-18/h1,3-4,6-8,10-14,19,22H,2,5,9H2/b15-14+/t19-,22-/m1/s1. The van der Waals surface area contributed by atoms with Crippen LogP contribution >= 0.6 is 34.3 Å². The lowest BCUT2D eigenvalue weighted by molar-refractivity contribution is 0.0684. The minimum absolute atomic E-state index is 0.0523. The van der Waals surface area contributed by atoms with E-state index in [4.69, 9.17) is 16.7 Å². The molecule has 0 radical (unpaired) electrons. The number of amides is 1. The van der Waals surface area contributed by atoms with Crippen LogP contribution in [-0.2, 0) is 0 Å². The van der Waals surface area contributed by atoms with Gasteiger partial charge in [0.05, 0.1) is 11.8 Å². The highest BCUT2D eigenvalue weighted by molar-refractivity contribution is 7.11. The maximum Gasteiger partial charge on any atom is 0.274 e. The number of thiophene rings is 2. The zero-order valence-electron chi connectivity index (χ0n) is 15.6. The molecule has 3 heterocycles. The number of carbonyl (C=O) groups is 1. The molecule has 3 nitrogen and oxygen atoms in total. The molecule has 2 aromatic heterocycles. The molecule has 1 amide bonds. The maximum absolute atomic E-state index is 13.4. The van der Waals surface area contributed by atoms with Crippen LogP contribution in [0, 0.1) is 5.92 Å². The molecule has 2 atom stereocenters. The van der Waals surface area contributed by atoms with Gasteiger partial charge in [0.2, 0.25) is 0 Å². The Morgan fingerprint density at radius 1 is 1.14 bits per heavy atom. The van der Waals surface area contributed by atoms with E-state index in [1.807, 2.05) is 18.2 Å². The molecule has 0 spiro atoms. The van der Waals surface area contributed by atoms with E-state index in [2.05, 4.69) is 35.0 Å².